The van der Waals surface area contributed by atoms with E-state index in [1.807, 2.05) is 6.92 Å². The van der Waals surface area contributed by atoms with E-state index in [1.54, 1.807) is 48.8 Å². The molecule has 0 spiro atoms. The van der Waals surface area contributed by atoms with Gasteiger partial charge in [-0.25, -0.2) is 0 Å². The molecule has 7 nitrogen and oxygen atoms in total. The summed E-state index contributed by atoms with van der Waals surface area (Å²) in [5, 5.41) is 9.53. The molecule has 0 saturated heterocycles. The van der Waals surface area contributed by atoms with Gasteiger partial charge in [-0.1, -0.05) is 17.5 Å². The number of amides is 2. The number of nitrogens with zero attached hydrogens (tertiary/aromatic N) is 3. The SMILES string of the molecule is CCc1nnsc1C(=O)Nc1cccc(NC(=O)c2ccncc2)c1. The molecule has 0 aliphatic rings. The lowest BCUT2D eigenvalue weighted by Crippen LogP contribution is -2.14. The highest BCUT2D eigenvalue weighted by Crippen LogP contribution is 2.19. The highest BCUT2D eigenvalue weighted by molar-refractivity contribution is 7.08. The maximum atomic E-state index is 12.3. The Labute approximate surface area is 148 Å². The van der Waals surface area contributed by atoms with Gasteiger partial charge in [0.2, 0.25) is 0 Å². The minimum atomic E-state index is -0.260. The number of hydrogen-bond donors (Lipinski definition) is 2. The van der Waals surface area contributed by atoms with Crippen LogP contribution in [0, 0.1) is 0 Å². The van der Waals surface area contributed by atoms with E-state index in [1.165, 1.54) is 0 Å². The summed E-state index contributed by atoms with van der Waals surface area (Å²) in [5.41, 5.74) is 2.34. The first-order valence-corrected chi connectivity index (χ1v) is 8.38. The summed E-state index contributed by atoms with van der Waals surface area (Å²) in [6.45, 7) is 1.92. The Kier molecular flexibility index (Phi) is 5.10. The van der Waals surface area contributed by atoms with Crippen molar-refractivity contribution in [3.63, 3.8) is 0 Å². The first-order valence-electron chi connectivity index (χ1n) is 7.61. The maximum Gasteiger partial charge on any atom is 0.269 e. The smallest absolute Gasteiger partial charge is 0.269 e. The Balaban J connectivity index is 1.71. The summed E-state index contributed by atoms with van der Waals surface area (Å²) in [4.78, 5) is 28.9. The van der Waals surface area contributed by atoms with Crippen LogP contribution in [0.2, 0.25) is 0 Å². The van der Waals surface area contributed by atoms with Gasteiger partial charge in [0.1, 0.15) is 4.88 Å². The average Bonchev–Trinajstić information content (AvgIpc) is 3.11. The van der Waals surface area contributed by atoms with Crippen LogP contribution in [0.25, 0.3) is 0 Å². The predicted octanol–water partition coefficient (Wildman–Crippen LogP) is 3.00. The van der Waals surface area contributed by atoms with Crippen LogP contribution in [-0.4, -0.2) is 26.4 Å². The van der Waals surface area contributed by atoms with Gasteiger partial charge in [0.15, 0.2) is 0 Å². The quantitative estimate of drug-likeness (QED) is 0.735. The number of rotatable bonds is 5. The van der Waals surface area contributed by atoms with Gasteiger partial charge in [0.25, 0.3) is 11.8 Å². The minimum absolute atomic E-state index is 0.245. The first-order chi connectivity index (χ1) is 12.2. The number of carbonyl (C=O) groups is 2. The van der Waals surface area contributed by atoms with Crippen LogP contribution in [0.3, 0.4) is 0 Å². The van der Waals surface area contributed by atoms with Crippen molar-refractivity contribution in [3.8, 4) is 0 Å². The second kappa shape index (κ2) is 7.63. The van der Waals surface area contributed by atoms with Gasteiger partial charge in [-0.15, -0.1) is 5.10 Å². The first kappa shape index (κ1) is 16.7. The van der Waals surface area contributed by atoms with Crippen LogP contribution in [0.15, 0.2) is 48.8 Å². The second-order valence-corrected chi connectivity index (χ2v) is 5.88. The van der Waals surface area contributed by atoms with Crippen molar-refractivity contribution in [1.29, 1.82) is 0 Å². The molecule has 0 fully saturated rings. The van der Waals surface area contributed by atoms with E-state index in [4.69, 9.17) is 0 Å². The number of pyridine rings is 1. The van der Waals surface area contributed by atoms with Gasteiger partial charge >= 0.3 is 0 Å². The molecule has 1 aromatic carbocycles. The van der Waals surface area contributed by atoms with E-state index < -0.39 is 0 Å². The molecule has 126 valence electrons. The third kappa shape index (κ3) is 4.04. The molecular weight excluding hydrogens is 338 g/mol. The van der Waals surface area contributed by atoms with E-state index in [9.17, 15) is 9.59 Å². The van der Waals surface area contributed by atoms with E-state index in [-0.39, 0.29) is 11.8 Å². The van der Waals surface area contributed by atoms with E-state index in [0.717, 1.165) is 11.5 Å². The third-order valence-corrected chi connectivity index (χ3v) is 4.18. The van der Waals surface area contributed by atoms with Crippen molar-refractivity contribution in [2.24, 2.45) is 0 Å². The maximum absolute atomic E-state index is 12.3. The zero-order valence-electron chi connectivity index (χ0n) is 13.4. The molecule has 0 aliphatic heterocycles. The number of carbonyl (C=O) groups excluding carboxylic acids is 2. The number of benzene rings is 1. The summed E-state index contributed by atoms with van der Waals surface area (Å²) in [6, 6.07) is 10.2. The molecule has 3 aromatic rings. The van der Waals surface area contributed by atoms with Gasteiger partial charge in [0, 0.05) is 29.3 Å². The summed E-state index contributed by atoms with van der Waals surface area (Å²) in [5.74, 6) is -0.504. The van der Waals surface area contributed by atoms with Crippen molar-refractivity contribution in [2.75, 3.05) is 10.6 Å². The van der Waals surface area contributed by atoms with Crippen molar-refractivity contribution >= 4 is 34.7 Å². The summed E-state index contributed by atoms with van der Waals surface area (Å²) in [7, 11) is 0. The van der Waals surface area contributed by atoms with Crippen molar-refractivity contribution < 1.29 is 9.59 Å². The molecule has 0 atom stereocenters. The zero-order valence-corrected chi connectivity index (χ0v) is 14.2. The van der Waals surface area contributed by atoms with Crippen LogP contribution in [0.5, 0.6) is 0 Å². The zero-order chi connectivity index (χ0) is 17.6. The van der Waals surface area contributed by atoms with Crippen molar-refractivity contribution in [1.82, 2.24) is 14.6 Å². The molecule has 2 heterocycles. The van der Waals surface area contributed by atoms with Gasteiger partial charge in [-0.2, -0.15) is 0 Å². The third-order valence-electron chi connectivity index (χ3n) is 3.42. The Hall–Kier alpha value is -3.13. The fourth-order valence-corrected chi connectivity index (χ4v) is 2.83. The van der Waals surface area contributed by atoms with Crippen LogP contribution in [0.4, 0.5) is 11.4 Å². The molecule has 0 saturated carbocycles. The Morgan fingerprint density at radius 2 is 1.72 bits per heavy atom. The van der Waals surface area contributed by atoms with Gasteiger partial charge < -0.3 is 10.6 Å². The molecule has 8 heteroatoms. The lowest BCUT2D eigenvalue weighted by molar-refractivity contribution is 0.102. The molecule has 0 unspecified atom stereocenters. The monoisotopic (exact) mass is 353 g/mol. The van der Waals surface area contributed by atoms with E-state index in [2.05, 4.69) is 25.2 Å². The molecule has 0 radical (unpaired) electrons. The molecule has 2 amide bonds. The number of aryl methyl sites for hydroxylation is 1. The van der Waals surface area contributed by atoms with Crippen LogP contribution in [-0.2, 0) is 6.42 Å². The molecule has 2 aromatic heterocycles. The largest absolute Gasteiger partial charge is 0.322 e. The standard InChI is InChI=1S/C17H15N5O2S/c1-2-14-15(25-22-21-14)17(24)20-13-5-3-4-12(10-13)19-16(23)11-6-8-18-9-7-11/h3-10H,2H2,1H3,(H,19,23)(H,20,24). The highest BCUT2D eigenvalue weighted by atomic mass is 32.1. The Morgan fingerprint density at radius 3 is 2.40 bits per heavy atom. The topological polar surface area (TPSA) is 96.9 Å². The lowest BCUT2D eigenvalue weighted by atomic mass is 10.2. The number of aromatic nitrogens is 3. The van der Waals surface area contributed by atoms with Crippen molar-refractivity contribution in [2.45, 2.75) is 13.3 Å². The van der Waals surface area contributed by atoms with Crippen LogP contribution in [0.1, 0.15) is 32.6 Å². The fourth-order valence-electron chi connectivity index (χ4n) is 2.18. The van der Waals surface area contributed by atoms with E-state index in [0.29, 0.717) is 33.9 Å². The lowest BCUT2D eigenvalue weighted by Gasteiger charge is -2.08. The van der Waals surface area contributed by atoms with E-state index >= 15 is 0 Å². The number of anilines is 2. The van der Waals surface area contributed by atoms with Gasteiger partial charge in [-0.05, 0) is 48.3 Å². The Morgan fingerprint density at radius 1 is 1.04 bits per heavy atom. The molecule has 0 aliphatic carbocycles. The number of hydrogen-bond acceptors (Lipinski definition) is 6. The Bertz CT molecular complexity index is 895. The molecule has 2 N–H and O–H groups in total. The number of nitrogens with one attached hydrogen (secondary N) is 2. The second-order valence-electron chi connectivity index (χ2n) is 5.13. The van der Waals surface area contributed by atoms with Gasteiger partial charge in [-0.3, -0.25) is 14.6 Å². The minimum Gasteiger partial charge on any atom is -0.322 e. The molecule has 25 heavy (non-hydrogen) atoms. The highest BCUT2D eigenvalue weighted by Gasteiger charge is 2.15. The van der Waals surface area contributed by atoms with Crippen LogP contribution < -0.4 is 10.6 Å². The summed E-state index contributed by atoms with van der Waals surface area (Å²) < 4.78 is 3.81. The summed E-state index contributed by atoms with van der Waals surface area (Å²) in [6.07, 6.45) is 3.75. The predicted molar refractivity (Wildman–Crippen MR) is 95.9 cm³/mol. The van der Waals surface area contributed by atoms with Crippen LogP contribution >= 0.6 is 11.5 Å². The molecular formula is C17H15N5O2S. The fraction of sp³-hybridized carbons (Fsp3) is 0.118. The molecule has 3 rings (SSSR count). The average molecular weight is 353 g/mol. The van der Waals surface area contributed by atoms with Gasteiger partial charge in [0.05, 0.1) is 5.69 Å². The summed E-state index contributed by atoms with van der Waals surface area (Å²) >= 11 is 1.06. The van der Waals surface area contributed by atoms with Crippen molar-refractivity contribution in [3.05, 3.63) is 64.9 Å². The molecule has 0 bridgehead atoms. The normalized spacial score (nSPS) is 10.3.